The fraction of sp³-hybridized carbons (Fsp3) is 0.846. The summed E-state index contributed by atoms with van der Waals surface area (Å²) in [5, 5.41) is 0. The van der Waals surface area contributed by atoms with Crippen LogP contribution < -0.4 is 0 Å². The summed E-state index contributed by atoms with van der Waals surface area (Å²) in [6, 6.07) is 0. The second-order valence-corrected chi connectivity index (χ2v) is 4.09. The van der Waals surface area contributed by atoms with E-state index in [-0.39, 0.29) is 0 Å². The van der Waals surface area contributed by atoms with Crippen LogP contribution in [0, 0.1) is 0 Å². The summed E-state index contributed by atoms with van der Waals surface area (Å²) >= 11 is 0. The van der Waals surface area contributed by atoms with Gasteiger partial charge in [-0.05, 0) is 19.3 Å². The molecule has 1 atom stereocenters. The highest BCUT2D eigenvalue weighted by Crippen LogP contribution is 2.08. The van der Waals surface area contributed by atoms with Crippen molar-refractivity contribution in [1.29, 1.82) is 0 Å². The van der Waals surface area contributed by atoms with E-state index < -0.39 is 12.1 Å². The summed E-state index contributed by atoms with van der Waals surface area (Å²) in [5.41, 5.74) is 0. The molecule has 0 saturated carbocycles. The molecule has 0 fully saturated rings. The van der Waals surface area contributed by atoms with Crippen LogP contribution in [0.2, 0.25) is 0 Å². The molecule has 0 rings (SSSR count). The molecule has 4 heteroatoms. The van der Waals surface area contributed by atoms with Gasteiger partial charge < -0.3 is 9.47 Å². The van der Waals surface area contributed by atoms with Gasteiger partial charge in [-0.25, -0.2) is 4.79 Å². The van der Waals surface area contributed by atoms with Crippen molar-refractivity contribution in [3.63, 3.8) is 0 Å². The summed E-state index contributed by atoms with van der Waals surface area (Å²) in [6.45, 7) is 4.91. The molecule has 0 bridgehead atoms. The first kappa shape index (κ1) is 15.9. The lowest BCUT2D eigenvalue weighted by molar-refractivity contribution is -0.162. The maximum absolute atomic E-state index is 11.6. The number of hydrogen-bond acceptors (Lipinski definition) is 4. The van der Waals surface area contributed by atoms with E-state index in [1.54, 1.807) is 0 Å². The molecule has 1 unspecified atom stereocenters. The number of carbonyl (C=O) groups is 2. The maximum Gasteiger partial charge on any atom is 0.347 e. The smallest absolute Gasteiger partial charge is 0.347 e. The molecule has 0 saturated heterocycles. The third-order valence-electron chi connectivity index (χ3n) is 2.54. The minimum absolute atomic E-state index is 0.323. The fourth-order valence-electron chi connectivity index (χ4n) is 1.51. The molecule has 0 aromatic rings. The standard InChI is InChI=1S/C13H24O4/c1-3-5-7-9-12(17-11-14)13(15)16-10-8-6-4-2/h11-12H,3-10H2,1-2H3. The van der Waals surface area contributed by atoms with Crippen LogP contribution in [0.1, 0.15) is 58.8 Å². The Bertz CT molecular complexity index is 204. The van der Waals surface area contributed by atoms with Crippen LogP contribution in [0.25, 0.3) is 0 Å². The van der Waals surface area contributed by atoms with Gasteiger partial charge in [0.1, 0.15) is 0 Å². The summed E-state index contributed by atoms with van der Waals surface area (Å²) in [7, 11) is 0. The van der Waals surface area contributed by atoms with Crippen LogP contribution in [0.15, 0.2) is 0 Å². The van der Waals surface area contributed by atoms with E-state index in [2.05, 4.69) is 13.8 Å². The molecule has 0 aromatic heterocycles. The zero-order chi connectivity index (χ0) is 12.9. The van der Waals surface area contributed by atoms with Crippen molar-refractivity contribution in [1.82, 2.24) is 0 Å². The molecule has 0 radical (unpaired) electrons. The highest BCUT2D eigenvalue weighted by molar-refractivity contribution is 5.75. The Morgan fingerprint density at radius 1 is 1.12 bits per heavy atom. The number of esters is 1. The van der Waals surface area contributed by atoms with Gasteiger partial charge in [0.15, 0.2) is 6.10 Å². The maximum atomic E-state index is 11.6. The average Bonchev–Trinajstić information content (AvgIpc) is 2.33. The van der Waals surface area contributed by atoms with Crippen molar-refractivity contribution in [3.05, 3.63) is 0 Å². The normalized spacial score (nSPS) is 11.9. The number of ether oxygens (including phenoxy) is 2. The Hall–Kier alpha value is -1.06. The number of hydrogen-bond donors (Lipinski definition) is 0. The highest BCUT2D eigenvalue weighted by atomic mass is 16.6. The van der Waals surface area contributed by atoms with Crippen molar-refractivity contribution in [2.24, 2.45) is 0 Å². The van der Waals surface area contributed by atoms with Gasteiger partial charge in [0.25, 0.3) is 6.47 Å². The third-order valence-corrected chi connectivity index (χ3v) is 2.54. The average molecular weight is 244 g/mol. The van der Waals surface area contributed by atoms with Crippen molar-refractivity contribution >= 4 is 12.4 Å². The zero-order valence-corrected chi connectivity index (χ0v) is 10.9. The molecule has 0 amide bonds. The molecule has 17 heavy (non-hydrogen) atoms. The van der Waals surface area contributed by atoms with Gasteiger partial charge in [-0.2, -0.15) is 0 Å². The summed E-state index contributed by atoms with van der Waals surface area (Å²) in [5.74, 6) is -0.413. The van der Waals surface area contributed by atoms with Gasteiger partial charge in [0, 0.05) is 0 Å². The second kappa shape index (κ2) is 11.4. The molecule has 0 spiro atoms. The topological polar surface area (TPSA) is 52.6 Å². The Balaban J connectivity index is 3.83. The largest absolute Gasteiger partial charge is 0.463 e. The molecule has 0 aromatic carbocycles. The van der Waals surface area contributed by atoms with E-state index in [9.17, 15) is 9.59 Å². The molecular weight excluding hydrogens is 220 g/mol. The summed E-state index contributed by atoms with van der Waals surface area (Å²) < 4.78 is 9.82. The lowest BCUT2D eigenvalue weighted by Crippen LogP contribution is -2.26. The Morgan fingerprint density at radius 2 is 1.76 bits per heavy atom. The lowest BCUT2D eigenvalue weighted by Gasteiger charge is -2.13. The summed E-state index contributed by atoms with van der Waals surface area (Å²) in [4.78, 5) is 21.9. The molecule has 0 aliphatic rings. The van der Waals surface area contributed by atoms with Crippen LogP contribution in [-0.2, 0) is 19.1 Å². The molecule has 0 aliphatic heterocycles. The SMILES string of the molecule is CCCCCOC(=O)C(CCCCC)OC=O. The van der Waals surface area contributed by atoms with E-state index in [4.69, 9.17) is 9.47 Å². The Labute approximate surface area is 104 Å². The zero-order valence-electron chi connectivity index (χ0n) is 10.9. The highest BCUT2D eigenvalue weighted by Gasteiger charge is 2.20. The first-order valence-electron chi connectivity index (χ1n) is 6.52. The summed E-state index contributed by atoms with van der Waals surface area (Å²) in [6.07, 6.45) is 5.80. The quantitative estimate of drug-likeness (QED) is 0.318. The van der Waals surface area contributed by atoms with E-state index >= 15 is 0 Å². The van der Waals surface area contributed by atoms with E-state index in [1.165, 1.54) is 0 Å². The third kappa shape index (κ3) is 8.72. The van der Waals surface area contributed by atoms with E-state index in [0.29, 0.717) is 19.5 Å². The van der Waals surface area contributed by atoms with Crippen LogP contribution in [0.5, 0.6) is 0 Å². The molecule has 0 heterocycles. The van der Waals surface area contributed by atoms with Crippen LogP contribution in [-0.4, -0.2) is 25.2 Å². The number of rotatable bonds is 11. The Morgan fingerprint density at radius 3 is 2.35 bits per heavy atom. The molecule has 100 valence electrons. The van der Waals surface area contributed by atoms with Gasteiger partial charge >= 0.3 is 5.97 Å². The van der Waals surface area contributed by atoms with Gasteiger partial charge in [-0.3, -0.25) is 4.79 Å². The predicted molar refractivity (Wildman–Crippen MR) is 65.6 cm³/mol. The van der Waals surface area contributed by atoms with Crippen LogP contribution in [0.4, 0.5) is 0 Å². The number of carbonyl (C=O) groups excluding carboxylic acids is 2. The second-order valence-electron chi connectivity index (χ2n) is 4.09. The van der Waals surface area contributed by atoms with Crippen molar-refractivity contribution < 1.29 is 19.1 Å². The Kier molecular flexibility index (Phi) is 10.7. The molecule has 0 aliphatic carbocycles. The molecular formula is C13H24O4. The lowest BCUT2D eigenvalue weighted by atomic mass is 10.1. The van der Waals surface area contributed by atoms with Crippen LogP contribution in [0.3, 0.4) is 0 Å². The van der Waals surface area contributed by atoms with Gasteiger partial charge in [-0.15, -0.1) is 0 Å². The van der Waals surface area contributed by atoms with Crippen molar-refractivity contribution in [2.75, 3.05) is 6.61 Å². The minimum Gasteiger partial charge on any atom is -0.463 e. The molecule has 0 N–H and O–H groups in total. The van der Waals surface area contributed by atoms with Crippen LogP contribution >= 0.6 is 0 Å². The van der Waals surface area contributed by atoms with E-state index in [0.717, 1.165) is 38.5 Å². The van der Waals surface area contributed by atoms with Gasteiger partial charge in [0.2, 0.25) is 0 Å². The number of unbranched alkanes of at least 4 members (excludes halogenated alkanes) is 4. The van der Waals surface area contributed by atoms with Gasteiger partial charge in [0.05, 0.1) is 6.61 Å². The minimum atomic E-state index is -0.722. The first-order valence-corrected chi connectivity index (χ1v) is 6.52. The molecule has 4 nitrogen and oxygen atoms in total. The van der Waals surface area contributed by atoms with Crippen molar-refractivity contribution in [2.45, 2.75) is 64.9 Å². The van der Waals surface area contributed by atoms with Crippen molar-refractivity contribution in [3.8, 4) is 0 Å². The first-order chi connectivity index (χ1) is 8.26. The fourth-order valence-corrected chi connectivity index (χ4v) is 1.51. The van der Waals surface area contributed by atoms with E-state index in [1.807, 2.05) is 0 Å². The predicted octanol–water partition coefficient (Wildman–Crippen LogP) is 2.84. The monoisotopic (exact) mass is 244 g/mol. The van der Waals surface area contributed by atoms with Gasteiger partial charge in [-0.1, -0.05) is 39.5 Å².